The summed E-state index contributed by atoms with van der Waals surface area (Å²) in [5.74, 6) is -0.121. The minimum atomic E-state index is -0.229. The van der Waals surface area contributed by atoms with Gasteiger partial charge in [0.1, 0.15) is 5.88 Å². The van der Waals surface area contributed by atoms with Gasteiger partial charge < -0.3 is 5.32 Å². The molecule has 1 heterocycles. The van der Waals surface area contributed by atoms with Crippen LogP contribution in [0.25, 0.3) is 0 Å². The molecule has 0 unspecified atom stereocenters. The molecule has 0 saturated heterocycles. The Labute approximate surface area is 87.2 Å². The Morgan fingerprint density at radius 2 is 2.50 bits per heavy atom. The molecule has 1 fully saturated rings. The molecule has 4 nitrogen and oxygen atoms in total. The van der Waals surface area contributed by atoms with Gasteiger partial charge in [0.05, 0.1) is 11.2 Å². The van der Waals surface area contributed by atoms with Crippen molar-refractivity contribution in [2.24, 2.45) is 7.05 Å². The van der Waals surface area contributed by atoms with Crippen LogP contribution < -0.4 is 5.32 Å². The zero-order valence-corrected chi connectivity index (χ0v) is 8.71. The van der Waals surface area contributed by atoms with E-state index >= 15 is 0 Å². The Kier molecular flexibility index (Phi) is 2.23. The average Bonchev–Trinajstić information content (AvgIpc) is 2.81. The average molecular weight is 214 g/mol. The summed E-state index contributed by atoms with van der Waals surface area (Å²) in [7, 11) is 1.86. The van der Waals surface area contributed by atoms with E-state index < -0.39 is 0 Å². The Morgan fingerprint density at radius 1 is 1.79 bits per heavy atom. The number of alkyl halides is 1. The second-order valence-corrected chi connectivity index (χ2v) is 3.91. The standard InChI is InChI=1S/C9H12ClN3O/c1-13-5-2-7(12-13)9(3-4-9)11-8(14)6-10/h2,5H,3-4,6H2,1H3,(H,11,14). The maximum atomic E-state index is 11.2. The molecular weight excluding hydrogens is 202 g/mol. The molecule has 0 atom stereocenters. The molecule has 1 aliphatic carbocycles. The highest BCUT2D eigenvalue weighted by molar-refractivity contribution is 6.27. The smallest absolute Gasteiger partial charge is 0.235 e. The number of amides is 1. The van der Waals surface area contributed by atoms with Crippen LogP contribution in [0, 0.1) is 0 Å². The van der Waals surface area contributed by atoms with Crippen LogP contribution in [0.15, 0.2) is 12.3 Å². The number of hydrogen-bond acceptors (Lipinski definition) is 2. The molecule has 2 rings (SSSR count). The second kappa shape index (κ2) is 3.28. The van der Waals surface area contributed by atoms with Gasteiger partial charge in [-0.1, -0.05) is 0 Å². The fourth-order valence-electron chi connectivity index (χ4n) is 1.54. The number of nitrogens with zero attached hydrogens (tertiary/aromatic N) is 2. The number of nitrogens with one attached hydrogen (secondary N) is 1. The maximum absolute atomic E-state index is 11.2. The van der Waals surface area contributed by atoms with Gasteiger partial charge in [-0.25, -0.2) is 0 Å². The lowest BCUT2D eigenvalue weighted by molar-refractivity contribution is -0.119. The van der Waals surface area contributed by atoms with Crippen molar-refractivity contribution in [1.29, 1.82) is 0 Å². The van der Waals surface area contributed by atoms with Gasteiger partial charge >= 0.3 is 0 Å². The van der Waals surface area contributed by atoms with Crippen LogP contribution in [0.2, 0.25) is 0 Å². The van der Waals surface area contributed by atoms with E-state index in [-0.39, 0.29) is 17.3 Å². The third-order valence-corrected chi connectivity index (χ3v) is 2.70. The number of halogens is 1. The lowest BCUT2D eigenvalue weighted by Crippen LogP contribution is -2.36. The van der Waals surface area contributed by atoms with Gasteiger partial charge in [-0.05, 0) is 18.9 Å². The molecule has 1 aliphatic rings. The molecule has 76 valence electrons. The molecule has 0 spiro atoms. The molecular formula is C9H12ClN3O. The minimum absolute atomic E-state index is 0.00852. The molecule has 1 saturated carbocycles. The maximum Gasteiger partial charge on any atom is 0.235 e. The van der Waals surface area contributed by atoms with E-state index in [4.69, 9.17) is 11.6 Å². The molecule has 1 aromatic heterocycles. The quantitative estimate of drug-likeness (QED) is 0.754. The normalized spacial score (nSPS) is 17.9. The summed E-state index contributed by atoms with van der Waals surface area (Å²) in [4.78, 5) is 11.2. The third kappa shape index (κ3) is 1.62. The van der Waals surface area contributed by atoms with Gasteiger partial charge in [-0.3, -0.25) is 9.48 Å². The number of rotatable bonds is 3. The largest absolute Gasteiger partial charge is 0.344 e. The first-order valence-electron chi connectivity index (χ1n) is 4.53. The molecule has 1 N–H and O–H groups in total. The van der Waals surface area contributed by atoms with E-state index in [9.17, 15) is 4.79 Å². The van der Waals surface area contributed by atoms with Crippen molar-refractivity contribution >= 4 is 17.5 Å². The number of aryl methyl sites for hydroxylation is 1. The Morgan fingerprint density at radius 3 is 2.93 bits per heavy atom. The van der Waals surface area contributed by atoms with Crippen molar-refractivity contribution in [3.8, 4) is 0 Å². The summed E-state index contributed by atoms with van der Waals surface area (Å²) >= 11 is 5.44. The van der Waals surface area contributed by atoms with E-state index in [2.05, 4.69) is 10.4 Å². The van der Waals surface area contributed by atoms with Crippen molar-refractivity contribution in [3.63, 3.8) is 0 Å². The zero-order valence-electron chi connectivity index (χ0n) is 7.96. The van der Waals surface area contributed by atoms with Crippen LogP contribution >= 0.6 is 11.6 Å². The van der Waals surface area contributed by atoms with Gasteiger partial charge in [0.25, 0.3) is 0 Å². The molecule has 0 aliphatic heterocycles. The van der Waals surface area contributed by atoms with E-state index in [0.717, 1.165) is 18.5 Å². The molecule has 0 aromatic carbocycles. The highest BCUT2D eigenvalue weighted by Gasteiger charge is 2.47. The molecule has 1 amide bonds. The molecule has 14 heavy (non-hydrogen) atoms. The number of aromatic nitrogens is 2. The van der Waals surface area contributed by atoms with E-state index in [1.165, 1.54) is 0 Å². The summed E-state index contributed by atoms with van der Waals surface area (Å²) in [6.45, 7) is 0. The first kappa shape index (κ1) is 9.52. The summed E-state index contributed by atoms with van der Waals surface area (Å²) in [6.07, 6.45) is 3.78. The fourth-order valence-corrected chi connectivity index (χ4v) is 1.61. The first-order valence-corrected chi connectivity index (χ1v) is 5.07. The fraction of sp³-hybridized carbons (Fsp3) is 0.556. The number of carbonyl (C=O) groups excluding carboxylic acids is 1. The summed E-state index contributed by atoms with van der Waals surface area (Å²) in [5, 5.41) is 7.19. The van der Waals surface area contributed by atoms with E-state index in [0.29, 0.717) is 0 Å². The van der Waals surface area contributed by atoms with Gasteiger partial charge in [0.15, 0.2) is 0 Å². The third-order valence-electron chi connectivity index (χ3n) is 2.45. The summed E-state index contributed by atoms with van der Waals surface area (Å²) < 4.78 is 1.74. The number of carbonyl (C=O) groups is 1. The highest BCUT2D eigenvalue weighted by Crippen LogP contribution is 2.44. The highest BCUT2D eigenvalue weighted by atomic mass is 35.5. The predicted molar refractivity (Wildman–Crippen MR) is 53.0 cm³/mol. The first-order chi connectivity index (χ1) is 6.66. The summed E-state index contributed by atoms with van der Waals surface area (Å²) in [5.41, 5.74) is 0.700. The van der Waals surface area contributed by atoms with Gasteiger partial charge in [0.2, 0.25) is 5.91 Å². The lowest BCUT2D eigenvalue weighted by Gasteiger charge is -2.13. The summed E-state index contributed by atoms with van der Waals surface area (Å²) in [6, 6.07) is 1.93. The Bertz CT molecular complexity index is 357. The van der Waals surface area contributed by atoms with Crippen LogP contribution in [-0.2, 0) is 17.4 Å². The molecule has 1 aromatic rings. The zero-order chi connectivity index (χ0) is 10.2. The molecule has 0 bridgehead atoms. The Hall–Kier alpha value is -1.03. The van der Waals surface area contributed by atoms with Crippen molar-refractivity contribution in [2.45, 2.75) is 18.4 Å². The van der Waals surface area contributed by atoms with Crippen molar-refractivity contribution in [3.05, 3.63) is 18.0 Å². The van der Waals surface area contributed by atoms with E-state index in [1.54, 1.807) is 4.68 Å². The van der Waals surface area contributed by atoms with E-state index in [1.807, 2.05) is 19.3 Å². The Balaban J connectivity index is 2.13. The topological polar surface area (TPSA) is 46.9 Å². The predicted octanol–water partition coefficient (Wildman–Crippen LogP) is 0.764. The van der Waals surface area contributed by atoms with Crippen LogP contribution in [0.3, 0.4) is 0 Å². The van der Waals surface area contributed by atoms with Gasteiger partial charge in [-0.15, -0.1) is 11.6 Å². The van der Waals surface area contributed by atoms with Crippen LogP contribution in [-0.4, -0.2) is 21.6 Å². The molecule has 5 heteroatoms. The second-order valence-electron chi connectivity index (χ2n) is 3.64. The van der Waals surface area contributed by atoms with Gasteiger partial charge in [0, 0.05) is 13.2 Å². The van der Waals surface area contributed by atoms with Gasteiger partial charge in [-0.2, -0.15) is 5.10 Å². The van der Waals surface area contributed by atoms with Crippen molar-refractivity contribution < 1.29 is 4.79 Å². The van der Waals surface area contributed by atoms with Crippen LogP contribution in [0.1, 0.15) is 18.5 Å². The van der Waals surface area contributed by atoms with Crippen molar-refractivity contribution in [2.75, 3.05) is 5.88 Å². The van der Waals surface area contributed by atoms with Crippen LogP contribution in [0.4, 0.5) is 0 Å². The van der Waals surface area contributed by atoms with Crippen LogP contribution in [0.5, 0.6) is 0 Å². The minimum Gasteiger partial charge on any atom is -0.344 e. The number of hydrogen-bond donors (Lipinski definition) is 1. The monoisotopic (exact) mass is 213 g/mol. The van der Waals surface area contributed by atoms with Crippen molar-refractivity contribution in [1.82, 2.24) is 15.1 Å². The lowest BCUT2D eigenvalue weighted by atomic mass is 10.2. The molecule has 0 radical (unpaired) electrons. The SMILES string of the molecule is Cn1ccc(C2(NC(=O)CCl)CC2)n1.